The Labute approximate surface area is 164 Å². The predicted molar refractivity (Wildman–Crippen MR) is 110 cm³/mol. The van der Waals surface area contributed by atoms with Crippen molar-refractivity contribution < 1.29 is 14.5 Å². The first-order chi connectivity index (χ1) is 12.8. The molecular weight excluding hydrogens is 338 g/mol. The zero-order valence-corrected chi connectivity index (χ0v) is 17.6. The fraction of sp³-hybridized carbons (Fsp3) is 0.636. The lowest BCUT2D eigenvalue weighted by Crippen LogP contribution is -3.11. The highest BCUT2D eigenvalue weighted by Gasteiger charge is 2.29. The number of carbonyl (C=O) groups excluding carboxylic acids is 2. The Morgan fingerprint density at radius 2 is 1.81 bits per heavy atom. The topological polar surface area (TPSA) is 53.9 Å². The Balaban J connectivity index is 1.90. The molecule has 1 aliphatic carbocycles. The monoisotopic (exact) mass is 374 g/mol. The van der Waals surface area contributed by atoms with Gasteiger partial charge in [-0.2, -0.15) is 0 Å². The summed E-state index contributed by atoms with van der Waals surface area (Å²) in [6.45, 7) is 8.87. The van der Waals surface area contributed by atoms with Crippen LogP contribution in [0, 0.1) is 13.8 Å². The summed E-state index contributed by atoms with van der Waals surface area (Å²) in [7, 11) is 1.92. The van der Waals surface area contributed by atoms with Crippen molar-refractivity contribution in [1.82, 2.24) is 4.90 Å². The van der Waals surface area contributed by atoms with Gasteiger partial charge >= 0.3 is 0 Å². The summed E-state index contributed by atoms with van der Waals surface area (Å²) in [6.07, 6.45) is 5.91. The van der Waals surface area contributed by atoms with E-state index in [1.807, 2.05) is 39.1 Å². The Bertz CT molecular complexity index is 651. The maximum atomic E-state index is 12.9. The van der Waals surface area contributed by atoms with Gasteiger partial charge in [0.1, 0.15) is 0 Å². The number of hydrogen-bond acceptors (Lipinski definition) is 2. The molecule has 2 amide bonds. The third-order valence-electron chi connectivity index (χ3n) is 5.61. The number of likely N-dealkylation sites (N-methyl/N-ethyl adjacent to an activating group) is 1. The van der Waals surface area contributed by atoms with E-state index in [0.29, 0.717) is 12.6 Å². The largest absolute Gasteiger partial charge is 0.332 e. The fourth-order valence-electron chi connectivity index (χ4n) is 4.04. The Kier molecular flexibility index (Phi) is 7.84. The molecule has 1 saturated carbocycles. The van der Waals surface area contributed by atoms with Crippen LogP contribution in [0.1, 0.15) is 57.1 Å². The van der Waals surface area contributed by atoms with Crippen LogP contribution in [0.3, 0.4) is 0 Å². The molecule has 1 aromatic carbocycles. The lowest BCUT2D eigenvalue weighted by atomic mass is 9.93. The summed E-state index contributed by atoms with van der Waals surface area (Å²) >= 11 is 0. The van der Waals surface area contributed by atoms with Gasteiger partial charge in [0.25, 0.3) is 11.8 Å². The van der Waals surface area contributed by atoms with Crippen LogP contribution in [-0.2, 0) is 9.59 Å². The number of nitrogens with one attached hydrogen (secondary N) is 2. The first-order valence-electron chi connectivity index (χ1n) is 10.3. The van der Waals surface area contributed by atoms with Crippen LogP contribution in [0.2, 0.25) is 0 Å². The highest BCUT2D eigenvalue weighted by molar-refractivity contribution is 5.92. The van der Waals surface area contributed by atoms with Crippen LogP contribution in [-0.4, -0.2) is 48.9 Å². The Hall–Kier alpha value is -1.88. The average molecular weight is 375 g/mol. The van der Waals surface area contributed by atoms with E-state index in [9.17, 15) is 9.59 Å². The number of aryl methyl sites for hydroxylation is 1. The average Bonchev–Trinajstić information content (AvgIpc) is 2.59. The molecule has 27 heavy (non-hydrogen) atoms. The molecule has 2 rings (SSSR count). The molecule has 1 aromatic rings. The maximum absolute atomic E-state index is 12.9. The van der Waals surface area contributed by atoms with E-state index in [-0.39, 0.29) is 24.4 Å². The van der Waals surface area contributed by atoms with Gasteiger partial charge < -0.3 is 15.1 Å². The number of rotatable bonds is 7. The highest BCUT2D eigenvalue weighted by Crippen LogP contribution is 2.24. The summed E-state index contributed by atoms with van der Waals surface area (Å²) in [5.41, 5.74) is 3.09. The smallest absolute Gasteiger partial charge is 0.279 e. The van der Waals surface area contributed by atoms with E-state index in [1.165, 1.54) is 19.3 Å². The second kappa shape index (κ2) is 9.88. The second-order valence-corrected chi connectivity index (χ2v) is 8.29. The lowest BCUT2D eigenvalue weighted by molar-refractivity contribution is -0.862. The molecule has 0 aliphatic heterocycles. The molecule has 0 heterocycles. The number of quaternary nitrogens is 1. The fourth-order valence-corrected chi connectivity index (χ4v) is 4.04. The van der Waals surface area contributed by atoms with Crippen molar-refractivity contribution in [3.8, 4) is 0 Å². The summed E-state index contributed by atoms with van der Waals surface area (Å²) in [5.74, 6) is 0.108. The second-order valence-electron chi connectivity index (χ2n) is 8.29. The number of nitrogens with zero attached hydrogens (tertiary/aromatic N) is 1. The number of carbonyl (C=O) groups is 2. The molecule has 1 aliphatic rings. The minimum absolute atomic E-state index is 0.0530. The SMILES string of the molecule is Cc1cccc(NC(=O)C[NH+](C)CC(=O)N(C(C)C)C2CCCCC2)c1C. The molecule has 1 fully saturated rings. The van der Waals surface area contributed by atoms with Crippen molar-refractivity contribution in [1.29, 1.82) is 0 Å². The number of benzene rings is 1. The molecule has 5 heteroatoms. The van der Waals surface area contributed by atoms with E-state index in [0.717, 1.165) is 34.6 Å². The third-order valence-corrected chi connectivity index (χ3v) is 5.61. The van der Waals surface area contributed by atoms with Crippen molar-refractivity contribution in [2.75, 3.05) is 25.5 Å². The molecule has 1 atom stereocenters. The maximum Gasteiger partial charge on any atom is 0.279 e. The standard InChI is InChI=1S/C22H35N3O2/c1-16(2)25(19-11-7-6-8-12-19)22(27)15-24(5)14-21(26)23-20-13-9-10-17(3)18(20)4/h9-10,13,16,19H,6-8,11-12,14-15H2,1-5H3,(H,23,26)/p+1. The summed E-state index contributed by atoms with van der Waals surface area (Å²) in [4.78, 5) is 28.3. The summed E-state index contributed by atoms with van der Waals surface area (Å²) in [6, 6.07) is 6.47. The van der Waals surface area contributed by atoms with Gasteiger partial charge in [-0.1, -0.05) is 31.4 Å². The molecule has 0 saturated heterocycles. The summed E-state index contributed by atoms with van der Waals surface area (Å²) < 4.78 is 0. The Morgan fingerprint density at radius 1 is 1.15 bits per heavy atom. The van der Waals surface area contributed by atoms with Gasteiger partial charge in [-0.3, -0.25) is 9.59 Å². The number of hydrogen-bond donors (Lipinski definition) is 2. The van der Waals surface area contributed by atoms with Gasteiger partial charge in [-0.15, -0.1) is 0 Å². The van der Waals surface area contributed by atoms with Crippen molar-refractivity contribution >= 4 is 17.5 Å². The molecule has 2 N–H and O–H groups in total. The molecule has 1 unspecified atom stereocenters. The lowest BCUT2D eigenvalue weighted by Gasteiger charge is -2.37. The first-order valence-corrected chi connectivity index (χ1v) is 10.3. The highest BCUT2D eigenvalue weighted by atomic mass is 16.2. The zero-order valence-electron chi connectivity index (χ0n) is 17.6. The van der Waals surface area contributed by atoms with E-state index < -0.39 is 0 Å². The van der Waals surface area contributed by atoms with E-state index in [2.05, 4.69) is 24.1 Å². The Morgan fingerprint density at radius 3 is 2.44 bits per heavy atom. The van der Waals surface area contributed by atoms with Crippen molar-refractivity contribution in [2.45, 2.75) is 71.9 Å². The van der Waals surface area contributed by atoms with E-state index in [4.69, 9.17) is 0 Å². The van der Waals surface area contributed by atoms with Gasteiger partial charge in [-0.25, -0.2) is 0 Å². The van der Waals surface area contributed by atoms with Gasteiger partial charge in [0, 0.05) is 17.8 Å². The van der Waals surface area contributed by atoms with Crippen LogP contribution < -0.4 is 10.2 Å². The predicted octanol–water partition coefficient (Wildman–Crippen LogP) is 2.33. The number of amides is 2. The van der Waals surface area contributed by atoms with Gasteiger partial charge in [0.15, 0.2) is 13.1 Å². The third kappa shape index (κ3) is 6.06. The molecular formula is C22H36N3O2+. The van der Waals surface area contributed by atoms with Crippen LogP contribution in [0.25, 0.3) is 0 Å². The molecule has 0 radical (unpaired) electrons. The van der Waals surface area contributed by atoms with Crippen LogP contribution in [0.15, 0.2) is 18.2 Å². The van der Waals surface area contributed by atoms with Gasteiger partial charge in [-0.05, 0) is 57.7 Å². The van der Waals surface area contributed by atoms with Crippen LogP contribution >= 0.6 is 0 Å². The molecule has 0 aromatic heterocycles. The number of anilines is 1. The first kappa shape index (κ1) is 21.4. The van der Waals surface area contributed by atoms with Gasteiger partial charge in [0.2, 0.25) is 0 Å². The van der Waals surface area contributed by atoms with Crippen molar-refractivity contribution in [2.24, 2.45) is 0 Å². The minimum Gasteiger partial charge on any atom is -0.332 e. The van der Waals surface area contributed by atoms with Crippen molar-refractivity contribution in [3.05, 3.63) is 29.3 Å². The normalized spacial score (nSPS) is 16.2. The zero-order chi connectivity index (χ0) is 20.0. The summed E-state index contributed by atoms with van der Waals surface area (Å²) in [5, 5.41) is 2.99. The molecule has 0 spiro atoms. The van der Waals surface area contributed by atoms with E-state index >= 15 is 0 Å². The molecule has 5 nitrogen and oxygen atoms in total. The molecule has 0 bridgehead atoms. The van der Waals surface area contributed by atoms with Crippen LogP contribution in [0.4, 0.5) is 5.69 Å². The van der Waals surface area contributed by atoms with Gasteiger partial charge in [0.05, 0.1) is 7.05 Å². The quantitative estimate of drug-likeness (QED) is 0.770. The van der Waals surface area contributed by atoms with Crippen molar-refractivity contribution in [3.63, 3.8) is 0 Å². The van der Waals surface area contributed by atoms with Crippen LogP contribution in [0.5, 0.6) is 0 Å². The molecule has 150 valence electrons. The van der Waals surface area contributed by atoms with E-state index in [1.54, 1.807) is 0 Å². The minimum atomic E-state index is -0.0530.